The van der Waals surface area contributed by atoms with Crippen LogP contribution in [0.3, 0.4) is 0 Å². The van der Waals surface area contributed by atoms with Crippen molar-refractivity contribution in [2.45, 2.75) is 18.9 Å². The van der Waals surface area contributed by atoms with Crippen LogP contribution in [0.15, 0.2) is 30.3 Å². The lowest BCUT2D eigenvalue weighted by molar-refractivity contribution is -0.136. The van der Waals surface area contributed by atoms with Gasteiger partial charge in [-0.05, 0) is 18.4 Å². The normalized spacial score (nSPS) is 17.6. The van der Waals surface area contributed by atoms with Crippen molar-refractivity contribution < 1.29 is 9.59 Å². The smallest absolute Gasteiger partial charge is 0.244 e. The van der Waals surface area contributed by atoms with E-state index in [9.17, 15) is 9.59 Å². The van der Waals surface area contributed by atoms with Gasteiger partial charge in [0.2, 0.25) is 11.8 Å². The highest BCUT2D eigenvalue weighted by Gasteiger charge is 2.29. The third-order valence-corrected chi connectivity index (χ3v) is 3.85. The van der Waals surface area contributed by atoms with Crippen LogP contribution in [0.1, 0.15) is 24.4 Å². The first-order valence-corrected chi connectivity index (χ1v) is 6.94. The van der Waals surface area contributed by atoms with Gasteiger partial charge >= 0.3 is 0 Å². The Morgan fingerprint density at radius 3 is 2.40 bits per heavy atom. The molecule has 2 amide bonds. The summed E-state index contributed by atoms with van der Waals surface area (Å²) < 4.78 is 0. The molecule has 1 aliphatic heterocycles. The first-order valence-electron chi connectivity index (χ1n) is 6.94. The van der Waals surface area contributed by atoms with Crippen molar-refractivity contribution >= 4 is 11.8 Å². The molecule has 5 heteroatoms. The molecule has 2 rings (SSSR count). The molecule has 20 heavy (non-hydrogen) atoms. The van der Waals surface area contributed by atoms with Crippen LogP contribution < -0.4 is 11.1 Å². The predicted molar refractivity (Wildman–Crippen MR) is 76.7 cm³/mol. The van der Waals surface area contributed by atoms with Crippen molar-refractivity contribution in [3.63, 3.8) is 0 Å². The summed E-state index contributed by atoms with van der Waals surface area (Å²) in [6, 6.07) is 8.75. The number of carbonyl (C=O) groups excluding carboxylic acids is 2. The summed E-state index contributed by atoms with van der Waals surface area (Å²) in [5.41, 5.74) is 6.84. The van der Waals surface area contributed by atoms with Crippen LogP contribution in [0.25, 0.3) is 0 Å². The molecule has 1 aromatic carbocycles. The molecular weight excluding hydrogens is 254 g/mol. The quantitative estimate of drug-likeness (QED) is 0.851. The molecule has 1 aromatic rings. The Labute approximate surface area is 119 Å². The average molecular weight is 275 g/mol. The van der Waals surface area contributed by atoms with Gasteiger partial charge in [0.1, 0.15) is 6.04 Å². The van der Waals surface area contributed by atoms with E-state index in [2.05, 4.69) is 5.32 Å². The van der Waals surface area contributed by atoms with E-state index in [0.717, 1.165) is 5.56 Å². The average Bonchev–Trinajstić information content (AvgIpc) is 2.53. The molecule has 5 nitrogen and oxygen atoms in total. The molecule has 0 aromatic heterocycles. The lowest BCUT2D eigenvalue weighted by Gasteiger charge is -2.32. The van der Waals surface area contributed by atoms with Gasteiger partial charge in [-0.2, -0.15) is 0 Å². The maximum atomic E-state index is 12.3. The number of likely N-dealkylation sites (tertiary alicyclic amines) is 1. The SMILES string of the molecule is CNC(=O)C1CCN(C(=O)C(N)c2ccccc2)CC1. The van der Waals surface area contributed by atoms with E-state index >= 15 is 0 Å². The molecular formula is C15H21N3O2. The lowest BCUT2D eigenvalue weighted by Crippen LogP contribution is -2.45. The summed E-state index contributed by atoms with van der Waals surface area (Å²) in [6.45, 7) is 1.19. The monoisotopic (exact) mass is 275 g/mol. The summed E-state index contributed by atoms with van der Waals surface area (Å²) in [4.78, 5) is 25.7. The van der Waals surface area contributed by atoms with Crippen molar-refractivity contribution in [2.75, 3.05) is 20.1 Å². The predicted octanol–water partition coefficient (Wildman–Crippen LogP) is 0.671. The third-order valence-electron chi connectivity index (χ3n) is 3.85. The summed E-state index contributed by atoms with van der Waals surface area (Å²) in [5, 5.41) is 2.66. The molecule has 108 valence electrons. The fourth-order valence-electron chi connectivity index (χ4n) is 2.57. The second-order valence-electron chi connectivity index (χ2n) is 5.10. The summed E-state index contributed by atoms with van der Waals surface area (Å²) in [5.74, 6) is 0.00742. The zero-order valence-electron chi connectivity index (χ0n) is 11.7. The highest BCUT2D eigenvalue weighted by molar-refractivity contribution is 5.84. The number of nitrogens with zero attached hydrogens (tertiary/aromatic N) is 1. The zero-order chi connectivity index (χ0) is 14.5. The minimum absolute atomic E-state index is 0.0111. The molecule has 1 saturated heterocycles. The van der Waals surface area contributed by atoms with Crippen LogP contribution in [0, 0.1) is 5.92 Å². The maximum Gasteiger partial charge on any atom is 0.244 e. The van der Waals surface area contributed by atoms with Gasteiger partial charge < -0.3 is 16.0 Å². The van der Waals surface area contributed by atoms with E-state index < -0.39 is 6.04 Å². The number of benzene rings is 1. The molecule has 1 heterocycles. The van der Waals surface area contributed by atoms with Crippen LogP contribution >= 0.6 is 0 Å². The Kier molecular flexibility index (Phi) is 4.74. The standard InChI is InChI=1S/C15H21N3O2/c1-17-14(19)12-7-9-18(10-8-12)15(20)13(16)11-5-3-2-4-6-11/h2-6,12-13H,7-10,16H2,1H3,(H,17,19). The third kappa shape index (κ3) is 3.17. The molecule has 3 N–H and O–H groups in total. The largest absolute Gasteiger partial charge is 0.359 e. The number of piperidine rings is 1. The minimum atomic E-state index is -0.618. The Bertz CT molecular complexity index is 467. The second kappa shape index (κ2) is 6.52. The van der Waals surface area contributed by atoms with E-state index in [0.29, 0.717) is 25.9 Å². The first kappa shape index (κ1) is 14.5. The number of amides is 2. The minimum Gasteiger partial charge on any atom is -0.359 e. The Balaban J connectivity index is 1.93. The lowest BCUT2D eigenvalue weighted by atomic mass is 9.95. The number of nitrogens with two attached hydrogens (primary N) is 1. The number of hydrogen-bond acceptors (Lipinski definition) is 3. The second-order valence-corrected chi connectivity index (χ2v) is 5.10. The van der Waals surface area contributed by atoms with Gasteiger partial charge in [0.05, 0.1) is 0 Å². The topological polar surface area (TPSA) is 75.4 Å². The van der Waals surface area contributed by atoms with Crippen LogP contribution in [0.5, 0.6) is 0 Å². The van der Waals surface area contributed by atoms with Crippen molar-refractivity contribution in [3.8, 4) is 0 Å². The first-order chi connectivity index (χ1) is 9.63. The van der Waals surface area contributed by atoms with Crippen molar-refractivity contribution in [1.29, 1.82) is 0 Å². The maximum absolute atomic E-state index is 12.3. The van der Waals surface area contributed by atoms with Crippen LogP contribution in [-0.2, 0) is 9.59 Å². The van der Waals surface area contributed by atoms with Gasteiger partial charge in [0, 0.05) is 26.1 Å². The fraction of sp³-hybridized carbons (Fsp3) is 0.467. The Morgan fingerprint density at radius 2 is 1.85 bits per heavy atom. The van der Waals surface area contributed by atoms with E-state index in [4.69, 9.17) is 5.73 Å². The van der Waals surface area contributed by atoms with E-state index in [1.54, 1.807) is 11.9 Å². The number of nitrogens with one attached hydrogen (secondary N) is 1. The number of carbonyl (C=O) groups is 2. The Morgan fingerprint density at radius 1 is 1.25 bits per heavy atom. The van der Waals surface area contributed by atoms with Gasteiger partial charge in [-0.15, -0.1) is 0 Å². The van der Waals surface area contributed by atoms with Crippen LogP contribution in [0.4, 0.5) is 0 Å². The number of hydrogen-bond donors (Lipinski definition) is 2. The van der Waals surface area contributed by atoms with E-state index in [1.165, 1.54) is 0 Å². The highest BCUT2D eigenvalue weighted by atomic mass is 16.2. The molecule has 1 unspecified atom stereocenters. The summed E-state index contributed by atoms with van der Waals surface area (Å²) >= 11 is 0. The molecule has 1 atom stereocenters. The van der Waals surface area contributed by atoms with Gasteiger partial charge in [-0.25, -0.2) is 0 Å². The van der Waals surface area contributed by atoms with Crippen LogP contribution in [0.2, 0.25) is 0 Å². The fourth-order valence-corrected chi connectivity index (χ4v) is 2.57. The van der Waals surface area contributed by atoms with Gasteiger partial charge in [0.15, 0.2) is 0 Å². The molecule has 1 fully saturated rings. The van der Waals surface area contributed by atoms with Gasteiger partial charge in [-0.3, -0.25) is 9.59 Å². The molecule has 0 bridgehead atoms. The molecule has 0 aliphatic carbocycles. The van der Waals surface area contributed by atoms with Gasteiger partial charge in [0.25, 0.3) is 0 Å². The van der Waals surface area contributed by atoms with E-state index in [1.807, 2.05) is 30.3 Å². The summed E-state index contributed by atoms with van der Waals surface area (Å²) in [7, 11) is 1.64. The van der Waals surface area contributed by atoms with Crippen LogP contribution in [-0.4, -0.2) is 36.9 Å². The van der Waals surface area contributed by atoms with Gasteiger partial charge in [-0.1, -0.05) is 30.3 Å². The highest BCUT2D eigenvalue weighted by Crippen LogP contribution is 2.20. The summed E-state index contributed by atoms with van der Waals surface area (Å²) in [6.07, 6.45) is 1.40. The van der Waals surface area contributed by atoms with Crippen molar-refractivity contribution in [3.05, 3.63) is 35.9 Å². The molecule has 0 spiro atoms. The molecule has 1 aliphatic rings. The van der Waals surface area contributed by atoms with E-state index in [-0.39, 0.29) is 17.7 Å². The molecule has 0 saturated carbocycles. The van der Waals surface area contributed by atoms with Crippen molar-refractivity contribution in [2.24, 2.45) is 11.7 Å². The zero-order valence-corrected chi connectivity index (χ0v) is 11.7. The Hall–Kier alpha value is -1.88. The van der Waals surface area contributed by atoms with Crippen molar-refractivity contribution in [1.82, 2.24) is 10.2 Å². The number of rotatable bonds is 3. The molecule has 0 radical (unpaired) electrons.